The summed E-state index contributed by atoms with van der Waals surface area (Å²) in [6.45, 7) is 2.45. The zero-order valence-corrected chi connectivity index (χ0v) is 11.8. The fourth-order valence-electron chi connectivity index (χ4n) is 2.94. The Bertz CT molecular complexity index is 404. The van der Waals surface area contributed by atoms with Crippen LogP contribution >= 0.6 is 0 Å². The lowest BCUT2D eigenvalue weighted by molar-refractivity contribution is -0.147. The maximum Gasteiger partial charge on any atom is 0.306 e. The van der Waals surface area contributed by atoms with E-state index in [9.17, 15) is 14.4 Å². The molecule has 0 aromatic heterocycles. The molecule has 2 aliphatic rings. The van der Waals surface area contributed by atoms with Crippen LogP contribution in [0.4, 0.5) is 0 Å². The summed E-state index contributed by atoms with van der Waals surface area (Å²) in [5.74, 6) is -1.24. The van der Waals surface area contributed by atoms with Gasteiger partial charge in [0.2, 0.25) is 11.8 Å². The zero-order valence-electron chi connectivity index (χ0n) is 11.8. The van der Waals surface area contributed by atoms with Crippen molar-refractivity contribution in [2.45, 2.75) is 57.5 Å². The molecule has 1 atom stereocenters. The Morgan fingerprint density at radius 1 is 1.25 bits per heavy atom. The van der Waals surface area contributed by atoms with E-state index in [1.54, 1.807) is 11.8 Å². The molecule has 112 valence electrons. The quantitative estimate of drug-likeness (QED) is 0.797. The van der Waals surface area contributed by atoms with Crippen molar-refractivity contribution >= 4 is 17.8 Å². The summed E-state index contributed by atoms with van der Waals surface area (Å²) in [5, 5.41) is 11.7. The lowest BCUT2D eigenvalue weighted by Crippen LogP contribution is -2.56. The van der Waals surface area contributed by atoms with Gasteiger partial charge >= 0.3 is 5.97 Å². The number of carbonyl (C=O) groups is 3. The number of nitrogens with one attached hydrogen (secondary N) is 1. The molecule has 1 unspecified atom stereocenters. The molecular weight excluding hydrogens is 260 g/mol. The van der Waals surface area contributed by atoms with Crippen molar-refractivity contribution in [3.8, 4) is 0 Å². The lowest BCUT2D eigenvalue weighted by Gasteiger charge is -2.38. The average Bonchev–Trinajstić information content (AvgIpc) is 2.40. The van der Waals surface area contributed by atoms with Gasteiger partial charge in [0, 0.05) is 19.0 Å². The number of amides is 2. The highest BCUT2D eigenvalue weighted by atomic mass is 16.4. The van der Waals surface area contributed by atoms with E-state index in [1.165, 1.54) is 0 Å². The van der Waals surface area contributed by atoms with Crippen LogP contribution in [0.5, 0.6) is 0 Å². The molecule has 0 bridgehead atoms. The van der Waals surface area contributed by atoms with Crippen LogP contribution in [0.2, 0.25) is 0 Å². The van der Waals surface area contributed by atoms with Crippen LogP contribution in [0, 0.1) is 5.92 Å². The number of aliphatic carboxylic acids is 1. The number of nitrogens with zero attached hydrogens (tertiary/aromatic N) is 1. The molecule has 2 amide bonds. The third-order valence-corrected chi connectivity index (χ3v) is 4.26. The maximum atomic E-state index is 12.3. The van der Waals surface area contributed by atoms with E-state index in [0.29, 0.717) is 32.2 Å². The first kappa shape index (κ1) is 14.8. The molecule has 1 aliphatic heterocycles. The van der Waals surface area contributed by atoms with E-state index in [1.807, 2.05) is 0 Å². The van der Waals surface area contributed by atoms with Crippen molar-refractivity contribution in [2.75, 3.05) is 6.54 Å². The molecule has 0 radical (unpaired) electrons. The molecule has 20 heavy (non-hydrogen) atoms. The van der Waals surface area contributed by atoms with Gasteiger partial charge in [0.25, 0.3) is 0 Å². The van der Waals surface area contributed by atoms with Crippen molar-refractivity contribution in [3.63, 3.8) is 0 Å². The Balaban J connectivity index is 1.87. The third-order valence-electron chi connectivity index (χ3n) is 4.26. The molecule has 1 heterocycles. The van der Waals surface area contributed by atoms with Crippen LogP contribution in [-0.4, -0.2) is 46.4 Å². The van der Waals surface area contributed by atoms with Gasteiger partial charge < -0.3 is 15.3 Å². The summed E-state index contributed by atoms with van der Waals surface area (Å²) in [4.78, 5) is 36.5. The van der Waals surface area contributed by atoms with Gasteiger partial charge in [0.15, 0.2) is 0 Å². The van der Waals surface area contributed by atoms with Gasteiger partial charge in [-0.3, -0.25) is 14.4 Å². The predicted molar refractivity (Wildman–Crippen MR) is 71.9 cm³/mol. The molecule has 0 aromatic rings. The van der Waals surface area contributed by atoms with Gasteiger partial charge in [-0.25, -0.2) is 0 Å². The maximum absolute atomic E-state index is 12.3. The normalized spacial score (nSPS) is 29.4. The minimum Gasteiger partial charge on any atom is -0.481 e. The number of carboxylic acid groups (broad SMARTS) is 1. The van der Waals surface area contributed by atoms with Gasteiger partial charge in [0.1, 0.15) is 6.04 Å². The second-order valence-electron chi connectivity index (χ2n) is 5.66. The Hall–Kier alpha value is -1.59. The number of rotatable bonds is 4. The summed E-state index contributed by atoms with van der Waals surface area (Å²) >= 11 is 0. The Labute approximate surface area is 118 Å². The molecule has 0 aromatic carbocycles. The molecule has 1 saturated heterocycles. The van der Waals surface area contributed by atoms with Gasteiger partial charge in [-0.05, 0) is 32.1 Å². The second-order valence-corrected chi connectivity index (χ2v) is 5.66. The smallest absolute Gasteiger partial charge is 0.306 e. The van der Waals surface area contributed by atoms with E-state index in [-0.39, 0.29) is 29.8 Å². The van der Waals surface area contributed by atoms with Crippen molar-refractivity contribution in [1.82, 2.24) is 10.2 Å². The summed E-state index contributed by atoms with van der Waals surface area (Å²) in [6, 6.07) is -0.427. The third kappa shape index (κ3) is 3.11. The Morgan fingerprint density at radius 3 is 2.55 bits per heavy atom. The van der Waals surface area contributed by atoms with Crippen molar-refractivity contribution < 1.29 is 19.5 Å². The first-order valence-corrected chi connectivity index (χ1v) is 7.35. The summed E-state index contributed by atoms with van der Waals surface area (Å²) in [7, 11) is 0. The molecular formula is C14H22N2O4. The minimum atomic E-state index is -0.795. The number of piperidine rings is 1. The molecule has 0 spiro atoms. The van der Waals surface area contributed by atoms with Gasteiger partial charge in [-0.2, -0.15) is 0 Å². The number of carboxylic acids is 1. The highest BCUT2D eigenvalue weighted by molar-refractivity contribution is 5.88. The molecule has 2 rings (SSSR count). The van der Waals surface area contributed by atoms with Crippen molar-refractivity contribution in [2.24, 2.45) is 5.92 Å². The van der Waals surface area contributed by atoms with Gasteiger partial charge in [0.05, 0.1) is 5.92 Å². The first-order valence-electron chi connectivity index (χ1n) is 7.35. The number of hydrogen-bond acceptors (Lipinski definition) is 3. The molecule has 6 nitrogen and oxygen atoms in total. The van der Waals surface area contributed by atoms with E-state index in [4.69, 9.17) is 5.11 Å². The topological polar surface area (TPSA) is 86.7 Å². The molecule has 1 saturated carbocycles. The monoisotopic (exact) mass is 282 g/mol. The Kier molecular flexibility index (Phi) is 4.62. The highest BCUT2D eigenvalue weighted by Crippen LogP contribution is 2.28. The number of likely N-dealkylation sites (tertiary alicyclic amines) is 1. The fourth-order valence-corrected chi connectivity index (χ4v) is 2.94. The number of carbonyl (C=O) groups excluding carboxylic acids is 2. The van der Waals surface area contributed by atoms with E-state index < -0.39 is 5.97 Å². The number of hydrogen-bond donors (Lipinski definition) is 2. The summed E-state index contributed by atoms with van der Waals surface area (Å²) in [6.07, 6.45) is 4.00. The van der Waals surface area contributed by atoms with E-state index >= 15 is 0 Å². The lowest BCUT2D eigenvalue weighted by atomic mass is 9.80. The zero-order chi connectivity index (χ0) is 14.7. The van der Waals surface area contributed by atoms with Crippen LogP contribution < -0.4 is 5.32 Å². The van der Waals surface area contributed by atoms with Gasteiger partial charge in [-0.15, -0.1) is 0 Å². The van der Waals surface area contributed by atoms with E-state index in [2.05, 4.69) is 5.32 Å². The standard InChI is InChI=1S/C14H22N2O4/c1-2-12(17)16-6-4-3-5-11(16)13(18)15-10-7-9(8-10)14(19)20/h9-11H,2-8H2,1H3,(H,15,18)(H,19,20). The Morgan fingerprint density at radius 2 is 1.95 bits per heavy atom. The van der Waals surface area contributed by atoms with Crippen LogP contribution in [0.25, 0.3) is 0 Å². The van der Waals surface area contributed by atoms with Crippen LogP contribution in [0.15, 0.2) is 0 Å². The minimum absolute atomic E-state index is 0.0156. The van der Waals surface area contributed by atoms with Crippen LogP contribution in [0.1, 0.15) is 45.4 Å². The van der Waals surface area contributed by atoms with Crippen molar-refractivity contribution in [3.05, 3.63) is 0 Å². The summed E-state index contributed by atoms with van der Waals surface area (Å²) < 4.78 is 0. The predicted octanol–water partition coefficient (Wildman–Crippen LogP) is 0.757. The molecule has 1 aliphatic carbocycles. The summed E-state index contributed by atoms with van der Waals surface area (Å²) in [5.41, 5.74) is 0. The second kappa shape index (κ2) is 6.24. The highest BCUT2D eigenvalue weighted by Gasteiger charge is 2.38. The van der Waals surface area contributed by atoms with E-state index in [0.717, 1.165) is 12.8 Å². The van der Waals surface area contributed by atoms with Crippen LogP contribution in [0.3, 0.4) is 0 Å². The first-order chi connectivity index (χ1) is 9.52. The molecule has 2 N–H and O–H groups in total. The average molecular weight is 282 g/mol. The van der Waals surface area contributed by atoms with Crippen LogP contribution in [-0.2, 0) is 14.4 Å². The van der Waals surface area contributed by atoms with Crippen molar-refractivity contribution in [1.29, 1.82) is 0 Å². The largest absolute Gasteiger partial charge is 0.481 e. The molecule has 6 heteroatoms. The van der Waals surface area contributed by atoms with Gasteiger partial charge in [-0.1, -0.05) is 6.92 Å². The fraction of sp³-hybridized carbons (Fsp3) is 0.786. The molecule has 2 fully saturated rings. The SMILES string of the molecule is CCC(=O)N1CCCCC1C(=O)NC1CC(C(=O)O)C1.